The molecule has 0 aromatic heterocycles. The Bertz CT molecular complexity index is 196. The predicted molar refractivity (Wildman–Crippen MR) is 79.4 cm³/mol. The Morgan fingerprint density at radius 3 is 2.00 bits per heavy atom. The molecule has 0 aromatic carbocycles. The van der Waals surface area contributed by atoms with Crippen LogP contribution >= 0.6 is 0 Å². The highest BCUT2D eigenvalue weighted by molar-refractivity contribution is 4.91. The van der Waals surface area contributed by atoms with Crippen LogP contribution < -0.4 is 0 Å². The molecule has 0 rings (SSSR count). The summed E-state index contributed by atoms with van der Waals surface area (Å²) in [6.07, 6.45) is 8.50. The average molecular weight is 239 g/mol. The van der Waals surface area contributed by atoms with Gasteiger partial charge in [0.2, 0.25) is 0 Å². The second-order valence-corrected chi connectivity index (χ2v) is 5.26. The van der Waals surface area contributed by atoms with E-state index in [0.717, 1.165) is 18.3 Å². The first-order chi connectivity index (χ1) is 8.10. The van der Waals surface area contributed by atoms with Gasteiger partial charge in [0.15, 0.2) is 0 Å². The lowest BCUT2D eigenvalue weighted by Gasteiger charge is -2.32. The van der Waals surface area contributed by atoms with Gasteiger partial charge in [-0.15, -0.1) is 0 Å². The summed E-state index contributed by atoms with van der Waals surface area (Å²) in [7, 11) is 0. The highest BCUT2D eigenvalue weighted by atomic mass is 15.1. The van der Waals surface area contributed by atoms with E-state index in [2.05, 4.69) is 58.6 Å². The molecule has 0 radical (unpaired) electrons. The molecule has 0 aliphatic rings. The van der Waals surface area contributed by atoms with Crippen molar-refractivity contribution in [2.24, 2.45) is 11.8 Å². The summed E-state index contributed by atoms with van der Waals surface area (Å²) in [5.74, 6) is 1.57. The van der Waals surface area contributed by atoms with E-state index in [9.17, 15) is 0 Å². The summed E-state index contributed by atoms with van der Waals surface area (Å²) in [6, 6.07) is 0.668. The summed E-state index contributed by atoms with van der Waals surface area (Å²) in [5, 5.41) is 0. The van der Waals surface area contributed by atoms with Crippen LogP contribution in [0.4, 0.5) is 0 Å². The van der Waals surface area contributed by atoms with Crippen LogP contribution in [0.2, 0.25) is 0 Å². The van der Waals surface area contributed by atoms with Crippen LogP contribution in [0, 0.1) is 11.8 Å². The van der Waals surface area contributed by atoms with Crippen LogP contribution in [-0.2, 0) is 0 Å². The molecular weight excluding hydrogens is 206 g/mol. The van der Waals surface area contributed by atoms with E-state index < -0.39 is 0 Å². The lowest BCUT2D eigenvalue weighted by molar-refractivity contribution is 0.171. The van der Waals surface area contributed by atoms with E-state index in [-0.39, 0.29) is 0 Å². The molecule has 0 spiro atoms. The Kier molecular flexibility index (Phi) is 9.53. The third-order valence-electron chi connectivity index (χ3n) is 3.83. The van der Waals surface area contributed by atoms with Crippen molar-refractivity contribution in [3.63, 3.8) is 0 Å². The first kappa shape index (κ1) is 16.7. The van der Waals surface area contributed by atoms with Crippen molar-refractivity contribution in [3.8, 4) is 0 Å². The van der Waals surface area contributed by atoms with E-state index in [4.69, 9.17) is 0 Å². The van der Waals surface area contributed by atoms with E-state index in [1.165, 1.54) is 25.9 Å². The van der Waals surface area contributed by atoms with Gasteiger partial charge in [0, 0.05) is 12.6 Å². The minimum Gasteiger partial charge on any atom is -0.301 e. The molecule has 0 aliphatic heterocycles. The maximum atomic E-state index is 2.59. The summed E-state index contributed by atoms with van der Waals surface area (Å²) >= 11 is 0. The molecule has 2 atom stereocenters. The number of rotatable bonds is 9. The van der Waals surface area contributed by atoms with Crippen molar-refractivity contribution in [3.05, 3.63) is 12.2 Å². The van der Waals surface area contributed by atoms with Crippen LogP contribution in [0.1, 0.15) is 60.8 Å². The van der Waals surface area contributed by atoms with E-state index in [1.54, 1.807) is 0 Å². The van der Waals surface area contributed by atoms with E-state index in [0.29, 0.717) is 6.04 Å². The van der Waals surface area contributed by atoms with Gasteiger partial charge in [-0.25, -0.2) is 0 Å². The Hall–Kier alpha value is -0.300. The normalized spacial score (nSPS) is 16.0. The molecule has 0 aliphatic carbocycles. The Labute approximate surface area is 109 Å². The van der Waals surface area contributed by atoms with Crippen LogP contribution in [0.25, 0.3) is 0 Å². The SMILES string of the molecule is CCC=CC(CC)C(CC)CN(CC)C(C)C. The summed E-state index contributed by atoms with van der Waals surface area (Å²) in [5.41, 5.74) is 0. The van der Waals surface area contributed by atoms with Gasteiger partial charge >= 0.3 is 0 Å². The highest BCUT2D eigenvalue weighted by Gasteiger charge is 2.19. The second kappa shape index (κ2) is 9.70. The quantitative estimate of drug-likeness (QED) is 0.526. The van der Waals surface area contributed by atoms with Gasteiger partial charge in [-0.3, -0.25) is 0 Å². The maximum absolute atomic E-state index is 2.59. The standard InChI is InChI=1S/C16H33N/c1-7-11-12-15(8-2)16(9-3)13-17(10-4)14(5)6/h11-12,14-16H,7-10,13H2,1-6H3. The number of allylic oxidation sites excluding steroid dienone is 2. The van der Waals surface area contributed by atoms with Gasteiger partial charge in [0.05, 0.1) is 0 Å². The zero-order chi connectivity index (χ0) is 13.3. The van der Waals surface area contributed by atoms with Gasteiger partial charge in [0.1, 0.15) is 0 Å². The zero-order valence-corrected chi connectivity index (χ0v) is 12.9. The molecule has 1 heteroatoms. The van der Waals surface area contributed by atoms with Crippen molar-refractivity contribution >= 4 is 0 Å². The molecule has 2 unspecified atom stereocenters. The van der Waals surface area contributed by atoms with Crippen LogP contribution in [0.3, 0.4) is 0 Å². The molecule has 102 valence electrons. The molecule has 1 nitrogen and oxygen atoms in total. The van der Waals surface area contributed by atoms with Crippen LogP contribution in [-0.4, -0.2) is 24.0 Å². The molecule has 0 bridgehead atoms. The summed E-state index contributed by atoms with van der Waals surface area (Å²) < 4.78 is 0. The molecule has 0 heterocycles. The second-order valence-electron chi connectivity index (χ2n) is 5.26. The smallest absolute Gasteiger partial charge is 0.00385 e. The van der Waals surface area contributed by atoms with Crippen molar-refractivity contribution in [1.29, 1.82) is 0 Å². The molecule has 0 amide bonds. The fourth-order valence-electron chi connectivity index (χ4n) is 2.51. The molecule has 17 heavy (non-hydrogen) atoms. The maximum Gasteiger partial charge on any atom is 0.00385 e. The van der Waals surface area contributed by atoms with Gasteiger partial charge in [-0.05, 0) is 45.1 Å². The predicted octanol–water partition coefficient (Wildman–Crippen LogP) is 4.74. The van der Waals surface area contributed by atoms with Crippen molar-refractivity contribution < 1.29 is 0 Å². The first-order valence-electron chi connectivity index (χ1n) is 7.51. The van der Waals surface area contributed by atoms with Crippen molar-refractivity contribution in [1.82, 2.24) is 4.90 Å². The van der Waals surface area contributed by atoms with Crippen molar-refractivity contribution in [2.75, 3.05) is 13.1 Å². The third-order valence-corrected chi connectivity index (χ3v) is 3.83. The molecule has 0 aromatic rings. The molecular formula is C16H33N. The van der Waals surface area contributed by atoms with Gasteiger partial charge in [-0.1, -0.05) is 46.3 Å². The minimum atomic E-state index is 0.668. The summed E-state index contributed by atoms with van der Waals surface area (Å²) in [6.45, 7) is 16.2. The van der Waals surface area contributed by atoms with E-state index >= 15 is 0 Å². The van der Waals surface area contributed by atoms with Crippen LogP contribution in [0.15, 0.2) is 12.2 Å². The Balaban J connectivity index is 4.51. The number of nitrogens with zero attached hydrogens (tertiary/aromatic N) is 1. The topological polar surface area (TPSA) is 3.24 Å². The van der Waals surface area contributed by atoms with Gasteiger partial charge in [-0.2, -0.15) is 0 Å². The first-order valence-corrected chi connectivity index (χ1v) is 7.51. The Morgan fingerprint density at radius 2 is 1.65 bits per heavy atom. The fourth-order valence-corrected chi connectivity index (χ4v) is 2.51. The lowest BCUT2D eigenvalue weighted by Crippen LogP contribution is -2.37. The zero-order valence-electron chi connectivity index (χ0n) is 12.9. The monoisotopic (exact) mass is 239 g/mol. The number of hydrogen-bond acceptors (Lipinski definition) is 1. The average Bonchev–Trinajstić information content (AvgIpc) is 2.33. The van der Waals surface area contributed by atoms with E-state index in [1.807, 2.05) is 0 Å². The largest absolute Gasteiger partial charge is 0.301 e. The van der Waals surface area contributed by atoms with Gasteiger partial charge < -0.3 is 4.90 Å². The van der Waals surface area contributed by atoms with Gasteiger partial charge in [0.25, 0.3) is 0 Å². The fraction of sp³-hybridized carbons (Fsp3) is 0.875. The molecule has 0 N–H and O–H groups in total. The molecule has 0 saturated heterocycles. The highest BCUT2D eigenvalue weighted by Crippen LogP contribution is 2.23. The third kappa shape index (κ3) is 6.26. The molecule has 0 saturated carbocycles. The lowest BCUT2D eigenvalue weighted by atomic mass is 9.86. The Morgan fingerprint density at radius 1 is 1.00 bits per heavy atom. The molecule has 0 fully saturated rings. The van der Waals surface area contributed by atoms with Crippen LogP contribution in [0.5, 0.6) is 0 Å². The minimum absolute atomic E-state index is 0.668. The summed E-state index contributed by atoms with van der Waals surface area (Å²) in [4.78, 5) is 2.59. The van der Waals surface area contributed by atoms with Crippen molar-refractivity contribution in [2.45, 2.75) is 66.8 Å². The number of hydrogen-bond donors (Lipinski definition) is 0.